The van der Waals surface area contributed by atoms with Gasteiger partial charge in [0.15, 0.2) is 11.4 Å². The first-order valence-corrected chi connectivity index (χ1v) is 5.93. The number of carboxylic acid groups (broad SMARTS) is 1. The molecule has 19 heavy (non-hydrogen) atoms. The lowest BCUT2D eigenvalue weighted by molar-refractivity contribution is -0.0175. The molecule has 1 amide bonds. The van der Waals surface area contributed by atoms with Crippen LogP contribution >= 0.6 is 0 Å². The van der Waals surface area contributed by atoms with Crippen LogP contribution in [0.4, 0.5) is 0 Å². The summed E-state index contributed by atoms with van der Waals surface area (Å²) in [4.78, 5) is 30.9. The summed E-state index contributed by atoms with van der Waals surface area (Å²) in [5, 5.41) is 11.5. The van der Waals surface area contributed by atoms with Crippen molar-refractivity contribution < 1.29 is 19.4 Å². The van der Waals surface area contributed by atoms with Crippen LogP contribution in [-0.2, 0) is 4.74 Å². The number of amides is 1. The number of nitrogens with one attached hydrogen (secondary N) is 2. The molecule has 2 heterocycles. The van der Waals surface area contributed by atoms with E-state index in [1.165, 1.54) is 6.33 Å². The fraction of sp³-hybridized carbons (Fsp3) is 0.545. The van der Waals surface area contributed by atoms with E-state index in [9.17, 15) is 9.59 Å². The minimum absolute atomic E-state index is 0.0880. The summed E-state index contributed by atoms with van der Waals surface area (Å²) in [7, 11) is 1.98. The fourth-order valence-electron chi connectivity index (χ4n) is 1.91. The first-order valence-electron chi connectivity index (χ1n) is 5.93. The number of H-pyrrole nitrogens is 1. The van der Waals surface area contributed by atoms with Crippen LogP contribution in [0.1, 0.15) is 21.0 Å². The third-order valence-electron chi connectivity index (χ3n) is 2.90. The van der Waals surface area contributed by atoms with Gasteiger partial charge in [0.1, 0.15) is 0 Å². The van der Waals surface area contributed by atoms with Crippen LogP contribution in [0.5, 0.6) is 0 Å². The molecule has 0 spiro atoms. The average Bonchev–Trinajstić information content (AvgIpc) is 2.85. The molecule has 1 aromatic rings. The maximum absolute atomic E-state index is 11.8. The lowest BCUT2D eigenvalue weighted by atomic mass is 10.2. The van der Waals surface area contributed by atoms with E-state index in [-0.39, 0.29) is 17.5 Å². The lowest BCUT2D eigenvalue weighted by Gasteiger charge is -2.29. The molecule has 0 saturated carbocycles. The summed E-state index contributed by atoms with van der Waals surface area (Å²) in [6.45, 7) is 2.55. The Morgan fingerprint density at radius 2 is 2.47 bits per heavy atom. The molecule has 8 nitrogen and oxygen atoms in total. The van der Waals surface area contributed by atoms with Crippen LogP contribution < -0.4 is 5.32 Å². The zero-order valence-electron chi connectivity index (χ0n) is 10.5. The van der Waals surface area contributed by atoms with Gasteiger partial charge in [0.05, 0.1) is 19.0 Å². The number of aromatic amines is 1. The molecule has 2 rings (SSSR count). The summed E-state index contributed by atoms with van der Waals surface area (Å²) in [5.41, 5.74) is -0.323. The first-order chi connectivity index (χ1) is 9.08. The van der Waals surface area contributed by atoms with Crippen molar-refractivity contribution in [2.24, 2.45) is 0 Å². The Morgan fingerprint density at radius 3 is 3.16 bits per heavy atom. The van der Waals surface area contributed by atoms with Crippen LogP contribution in [0, 0.1) is 0 Å². The standard InChI is InChI=1S/C11H16N4O4/c1-15-2-3-19-7(5-15)4-12-10(16)8-9(11(17)18)14-6-13-8/h6-7H,2-5H2,1H3,(H,12,16)(H,13,14)(H,17,18). The Labute approximate surface area is 109 Å². The van der Waals surface area contributed by atoms with Gasteiger partial charge in [0, 0.05) is 19.6 Å². The topological polar surface area (TPSA) is 108 Å². The largest absolute Gasteiger partial charge is 0.477 e. The van der Waals surface area contributed by atoms with Crippen molar-refractivity contribution in [3.8, 4) is 0 Å². The van der Waals surface area contributed by atoms with E-state index in [1.807, 2.05) is 7.05 Å². The SMILES string of the molecule is CN1CCOC(CNC(=O)c2nc[nH]c2C(=O)O)C1. The van der Waals surface area contributed by atoms with Crippen LogP contribution in [0.25, 0.3) is 0 Å². The Hall–Kier alpha value is -1.93. The minimum atomic E-state index is -1.21. The van der Waals surface area contributed by atoms with Gasteiger partial charge in [-0.15, -0.1) is 0 Å². The molecule has 1 saturated heterocycles. The first kappa shape index (κ1) is 13.5. The molecule has 1 aliphatic rings. The van der Waals surface area contributed by atoms with Gasteiger partial charge in [0.25, 0.3) is 5.91 Å². The van der Waals surface area contributed by atoms with Gasteiger partial charge in [0.2, 0.25) is 0 Å². The molecule has 1 aliphatic heterocycles. The highest BCUT2D eigenvalue weighted by Crippen LogP contribution is 2.04. The maximum atomic E-state index is 11.8. The van der Waals surface area contributed by atoms with E-state index >= 15 is 0 Å². The highest BCUT2D eigenvalue weighted by Gasteiger charge is 2.22. The lowest BCUT2D eigenvalue weighted by Crippen LogP contribution is -2.46. The van der Waals surface area contributed by atoms with Crippen molar-refractivity contribution >= 4 is 11.9 Å². The van der Waals surface area contributed by atoms with Gasteiger partial charge in [-0.05, 0) is 7.05 Å². The molecular formula is C11H16N4O4. The molecule has 0 radical (unpaired) electrons. The van der Waals surface area contributed by atoms with Crippen molar-refractivity contribution in [3.05, 3.63) is 17.7 Å². The molecule has 1 unspecified atom stereocenters. The molecule has 0 aromatic carbocycles. The van der Waals surface area contributed by atoms with Gasteiger partial charge in [-0.25, -0.2) is 9.78 Å². The predicted octanol–water partition coefficient (Wildman–Crippen LogP) is -0.832. The summed E-state index contributed by atoms with van der Waals surface area (Å²) in [6, 6.07) is 0. The van der Waals surface area contributed by atoms with E-state index in [4.69, 9.17) is 9.84 Å². The normalized spacial score (nSPS) is 20.2. The van der Waals surface area contributed by atoms with Crippen molar-refractivity contribution in [1.82, 2.24) is 20.2 Å². The number of carboxylic acids is 1. The third kappa shape index (κ3) is 3.30. The van der Waals surface area contributed by atoms with Gasteiger partial charge in [-0.1, -0.05) is 0 Å². The second-order valence-corrected chi connectivity index (χ2v) is 4.40. The zero-order chi connectivity index (χ0) is 13.8. The van der Waals surface area contributed by atoms with E-state index in [2.05, 4.69) is 20.2 Å². The third-order valence-corrected chi connectivity index (χ3v) is 2.90. The van der Waals surface area contributed by atoms with Crippen LogP contribution in [0.2, 0.25) is 0 Å². The number of ether oxygens (including phenoxy) is 1. The molecule has 8 heteroatoms. The molecule has 1 atom stereocenters. The molecule has 3 N–H and O–H groups in total. The number of nitrogens with zero attached hydrogens (tertiary/aromatic N) is 2. The van der Waals surface area contributed by atoms with Crippen molar-refractivity contribution in [3.63, 3.8) is 0 Å². The van der Waals surface area contributed by atoms with Gasteiger partial charge in [-0.3, -0.25) is 4.79 Å². The molecule has 0 aliphatic carbocycles. The zero-order valence-corrected chi connectivity index (χ0v) is 10.5. The molecule has 104 valence electrons. The Bertz CT molecular complexity index is 473. The van der Waals surface area contributed by atoms with Gasteiger partial charge < -0.3 is 25.0 Å². The van der Waals surface area contributed by atoms with Gasteiger partial charge >= 0.3 is 5.97 Å². The van der Waals surface area contributed by atoms with Crippen LogP contribution in [0.3, 0.4) is 0 Å². The summed E-state index contributed by atoms with van der Waals surface area (Å²) in [5.74, 6) is -1.73. The number of hydrogen-bond donors (Lipinski definition) is 3. The maximum Gasteiger partial charge on any atom is 0.354 e. The van der Waals surface area contributed by atoms with Crippen LogP contribution in [-0.4, -0.2) is 71.2 Å². The Balaban J connectivity index is 1.90. The quantitative estimate of drug-likeness (QED) is 0.657. The van der Waals surface area contributed by atoms with E-state index < -0.39 is 11.9 Å². The van der Waals surface area contributed by atoms with Crippen molar-refractivity contribution in [1.29, 1.82) is 0 Å². The van der Waals surface area contributed by atoms with Crippen LogP contribution in [0.15, 0.2) is 6.33 Å². The highest BCUT2D eigenvalue weighted by atomic mass is 16.5. The minimum Gasteiger partial charge on any atom is -0.477 e. The monoisotopic (exact) mass is 268 g/mol. The molecular weight excluding hydrogens is 252 g/mol. The summed E-state index contributed by atoms with van der Waals surface area (Å²) >= 11 is 0. The smallest absolute Gasteiger partial charge is 0.354 e. The second-order valence-electron chi connectivity index (χ2n) is 4.40. The fourth-order valence-corrected chi connectivity index (χ4v) is 1.91. The number of hydrogen-bond acceptors (Lipinski definition) is 5. The number of aromatic nitrogens is 2. The number of aromatic carboxylic acids is 1. The highest BCUT2D eigenvalue weighted by molar-refractivity contribution is 6.02. The number of likely N-dealkylation sites (N-methyl/N-ethyl adjacent to an activating group) is 1. The van der Waals surface area contributed by atoms with Crippen molar-refractivity contribution in [2.75, 3.05) is 33.3 Å². The van der Waals surface area contributed by atoms with E-state index in [0.29, 0.717) is 13.2 Å². The molecule has 1 aromatic heterocycles. The van der Waals surface area contributed by atoms with Gasteiger partial charge in [-0.2, -0.15) is 0 Å². The number of carbonyl (C=O) groups excluding carboxylic acids is 1. The Kier molecular flexibility index (Phi) is 4.13. The number of imidazole rings is 1. The average molecular weight is 268 g/mol. The number of morpholine rings is 1. The second kappa shape index (κ2) is 5.81. The predicted molar refractivity (Wildman–Crippen MR) is 65.1 cm³/mol. The molecule has 0 bridgehead atoms. The van der Waals surface area contributed by atoms with E-state index in [0.717, 1.165) is 13.1 Å². The van der Waals surface area contributed by atoms with Crippen molar-refractivity contribution in [2.45, 2.75) is 6.10 Å². The Morgan fingerprint density at radius 1 is 1.68 bits per heavy atom. The number of carbonyl (C=O) groups is 2. The summed E-state index contributed by atoms with van der Waals surface area (Å²) in [6.07, 6.45) is 1.10. The summed E-state index contributed by atoms with van der Waals surface area (Å²) < 4.78 is 5.49. The number of rotatable bonds is 4. The van der Waals surface area contributed by atoms with E-state index in [1.54, 1.807) is 0 Å². The molecule has 1 fully saturated rings.